The van der Waals surface area contributed by atoms with E-state index in [0.29, 0.717) is 51.8 Å². The van der Waals surface area contributed by atoms with E-state index in [1.54, 1.807) is 7.11 Å². The van der Waals surface area contributed by atoms with Gasteiger partial charge < -0.3 is 25.1 Å². The molecule has 118 valence electrons. The molecule has 6 nitrogen and oxygen atoms in total. The van der Waals surface area contributed by atoms with E-state index in [4.69, 9.17) is 19.9 Å². The topological polar surface area (TPSA) is 91.0 Å². The zero-order valence-electron chi connectivity index (χ0n) is 12.3. The minimum atomic E-state index is -0.821. The van der Waals surface area contributed by atoms with Gasteiger partial charge in [-0.3, -0.25) is 4.79 Å². The second-order valence-electron chi connectivity index (χ2n) is 5.40. The van der Waals surface area contributed by atoms with Crippen molar-refractivity contribution in [3.63, 3.8) is 0 Å². The number of methoxy groups -OCH3 is 1. The molecule has 3 N–H and O–H groups in total. The van der Waals surface area contributed by atoms with Gasteiger partial charge in [0.25, 0.3) is 0 Å². The predicted octanol–water partition coefficient (Wildman–Crippen LogP) is 0.886. The van der Waals surface area contributed by atoms with E-state index in [1.807, 2.05) is 0 Å². The quantitative estimate of drug-likeness (QED) is 0.489. The monoisotopic (exact) mass is 289 g/mol. The molecule has 1 aliphatic carbocycles. The zero-order chi connectivity index (χ0) is 14.8. The molecule has 6 heteroatoms. The standard InChI is InChI=1S/C14H27NO5/c1-18-6-7-20-9-8-19-5-4-14(11-15,13(16)17)10-12-2-3-12/h12H,2-11,15H2,1H3,(H,16,17). The third kappa shape index (κ3) is 6.17. The Morgan fingerprint density at radius 1 is 1.20 bits per heavy atom. The number of ether oxygens (including phenoxy) is 3. The lowest BCUT2D eigenvalue weighted by molar-refractivity contribution is -0.150. The maximum Gasteiger partial charge on any atom is 0.311 e. The molecule has 0 amide bonds. The van der Waals surface area contributed by atoms with Crippen molar-refractivity contribution >= 4 is 5.97 Å². The fourth-order valence-corrected chi connectivity index (χ4v) is 2.18. The molecule has 0 saturated heterocycles. The summed E-state index contributed by atoms with van der Waals surface area (Å²) in [5, 5.41) is 9.43. The van der Waals surface area contributed by atoms with Crippen molar-refractivity contribution < 1.29 is 24.1 Å². The molecule has 0 aromatic rings. The fraction of sp³-hybridized carbons (Fsp3) is 0.929. The van der Waals surface area contributed by atoms with E-state index in [2.05, 4.69) is 0 Å². The first-order valence-corrected chi connectivity index (χ1v) is 7.22. The lowest BCUT2D eigenvalue weighted by atomic mass is 9.79. The van der Waals surface area contributed by atoms with Crippen molar-refractivity contribution in [2.45, 2.75) is 25.7 Å². The Labute approximate surface area is 120 Å². The van der Waals surface area contributed by atoms with E-state index in [-0.39, 0.29) is 6.54 Å². The summed E-state index contributed by atoms with van der Waals surface area (Å²) in [4.78, 5) is 11.5. The molecule has 0 aliphatic heterocycles. The van der Waals surface area contributed by atoms with Crippen molar-refractivity contribution in [3.8, 4) is 0 Å². The summed E-state index contributed by atoms with van der Waals surface area (Å²) in [7, 11) is 1.62. The average Bonchev–Trinajstić information content (AvgIpc) is 3.24. The molecular weight excluding hydrogens is 262 g/mol. The number of hydrogen-bond acceptors (Lipinski definition) is 5. The Balaban J connectivity index is 2.16. The molecule has 0 radical (unpaired) electrons. The van der Waals surface area contributed by atoms with Crippen LogP contribution in [0.25, 0.3) is 0 Å². The maximum absolute atomic E-state index is 11.5. The van der Waals surface area contributed by atoms with Crippen molar-refractivity contribution in [2.75, 3.05) is 46.7 Å². The van der Waals surface area contributed by atoms with Crippen LogP contribution in [-0.4, -0.2) is 57.8 Å². The zero-order valence-corrected chi connectivity index (χ0v) is 12.3. The Morgan fingerprint density at radius 3 is 2.30 bits per heavy atom. The van der Waals surface area contributed by atoms with Gasteiger partial charge in [-0.25, -0.2) is 0 Å². The molecular formula is C14H27NO5. The summed E-state index contributed by atoms with van der Waals surface area (Å²) in [6.45, 7) is 2.65. The summed E-state index contributed by atoms with van der Waals surface area (Å²) in [5.41, 5.74) is 4.88. The lowest BCUT2D eigenvalue weighted by Crippen LogP contribution is -2.40. The Kier molecular flexibility index (Phi) is 8.06. The molecule has 0 spiro atoms. The van der Waals surface area contributed by atoms with Crippen LogP contribution >= 0.6 is 0 Å². The van der Waals surface area contributed by atoms with Crippen LogP contribution in [0.15, 0.2) is 0 Å². The normalized spacial score (nSPS) is 17.9. The summed E-state index contributed by atoms with van der Waals surface area (Å²) >= 11 is 0. The van der Waals surface area contributed by atoms with Crippen molar-refractivity contribution in [3.05, 3.63) is 0 Å². The minimum Gasteiger partial charge on any atom is -0.481 e. The van der Waals surface area contributed by atoms with E-state index >= 15 is 0 Å². The Hall–Kier alpha value is -0.690. The molecule has 1 saturated carbocycles. The van der Waals surface area contributed by atoms with Gasteiger partial charge in [0.2, 0.25) is 0 Å². The van der Waals surface area contributed by atoms with Crippen LogP contribution in [0.2, 0.25) is 0 Å². The van der Waals surface area contributed by atoms with Crippen LogP contribution in [0.4, 0.5) is 0 Å². The van der Waals surface area contributed by atoms with Crippen LogP contribution in [0.5, 0.6) is 0 Å². The number of carboxylic acids is 1. The van der Waals surface area contributed by atoms with Gasteiger partial charge in [-0.2, -0.15) is 0 Å². The lowest BCUT2D eigenvalue weighted by Gasteiger charge is -2.27. The Bertz CT molecular complexity index is 283. The molecule has 0 aromatic carbocycles. The molecule has 1 fully saturated rings. The number of nitrogens with two attached hydrogens (primary N) is 1. The van der Waals surface area contributed by atoms with E-state index < -0.39 is 11.4 Å². The van der Waals surface area contributed by atoms with Gasteiger partial charge in [0.15, 0.2) is 0 Å². The molecule has 1 atom stereocenters. The third-order valence-electron chi connectivity index (χ3n) is 3.75. The maximum atomic E-state index is 11.5. The summed E-state index contributed by atoms with van der Waals surface area (Å²) in [6.07, 6.45) is 3.40. The summed E-state index contributed by atoms with van der Waals surface area (Å²) in [6, 6.07) is 0. The average molecular weight is 289 g/mol. The molecule has 1 rings (SSSR count). The highest BCUT2D eigenvalue weighted by atomic mass is 16.5. The fourth-order valence-electron chi connectivity index (χ4n) is 2.18. The van der Waals surface area contributed by atoms with Gasteiger partial charge in [-0.05, 0) is 18.8 Å². The summed E-state index contributed by atoms with van der Waals surface area (Å²) in [5.74, 6) is -0.265. The highest BCUT2D eigenvalue weighted by Gasteiger charge is 2.41. The molecule has 20 heavy (non-hydrogen) atoms. The van der Waals surface area contributed by atoms with Gasteiger partial charge >= 0.3 is 5.97 Å². The number of aliphatic carboxylic acids is 1. The molecule has 0 bridgehead atoms. The van der Waals surface area contributed by atoms with Gasteiger partial charge in [-0.15, -0.1) is 0 Å². The van der Waals surface area contributed by atoms with Crippen molar-refractivity contribution in [1.82, 2.24) is 0 Å². The second-order valence-corrected chi connectivity index (χ2v) is 5.40. The number of hydrogen-bond donors (Lipinski definition) is 2. The van der Waals surface area contributed by atoms with Crippen LogP contribution in [0, 0.1) is 11.3 Å². The molecule has 0 aromatic heterocycles. The van der Waals surface area contributed by atoms with Crippen molar-refractivity contribution in [1.29, 1.82) is 0 Å². The first kappa shape index (κ1) is 17.4. The van der Waals surface area contributed by atoms with E-state index in [1.165, 1.54) is 0 Å². The third-order valence-corrected chi connectivity index (χ3v) is 3.75. The smallest absolute Gasteiger partial charge is 0.311 e. The van der Waals surface area contributed by atoms with Crippen LogP contribution in [0.1, 0.15) is 25.7 Å². The van der Waals surface area contributed by atoms with Gasteiger partial charge in [0, 0.05) is 20.3 Å². The minimum absolute atomic E-state index is 0.173. The van der Waals surface area contributed by atoms with E-state index in [0.717, 1.165) is 12.8 Å². The van der Waals surface area contributed by atoms with Crippen molar-refractivity contribution in [2.24, 2.45) is 17.1 Å². The van der Waals surface area contributed by atoms with Crippen LogP contribution in [0.3, 0.4) is 0 Å². The molecule has 0 heterocycles. The first-order chi connectivity index (χ1) is 9.64. The second kappa shape index (κ2) is 9.28. The van der Waals surface area contributed by atoms with Gasteiger partial charge in [0.05, 0.1) is 31.8 Å². The number of carboxylic acid groups (broad SMARTS) is 1. The number of rotatable bonds is 13. The summed E-state index contributed by atoms with van der Waals surface area (Å²) < 4.78 is 15.6. The van der Waals surface area contributed by atoms with Gasteiger partial charge in [0.1, 0.15) is 0 Å². The highest BCUT2D eigenvalue weighted by Crippen LogP contribution is 2.41. The SMILES string of the molecule is COCCOCCOCCC(CN)(CC1CC1)C(=O)O. The predicted molar refractivity (Wildman–Crippen MR) is 74.6 cm³/mol. The Morgan fingerprint density at radius 2 is 1.80 bits per heavy atom. The highest BCUT2D eigenvalue weighted by molar-refractivity contribution is 5.75. The first-order valence-electron chi connectivity index (χ1n) is 7.22. The van der Waals surface area contributed by atoms with Crippen LogP contribution < -0.4 is 5.73 Å². The van der Waals surface area contributed by atoms with Gasteiger partial charge in [-0.1, -0.05) is 12.8 Å². The van der Waals surface area contributed by atoms with E-state index in [9.17, 15) is 9.90 Å². The molecule has 1 unspecified atom stereocenters. The number of carbonyl (C=O) groups is 1. The molecule has 1 aliphatic rings. The largest absolute Gasteiger partial charge is 0.481 e. The van der Waals surface area contributed by atoms with Crippen LogP contribution in [-0.2, 0) is 19.0 Å².